The number of benzene rings is 2. The highest BCUT2D eigenvalue weighted by atomic mass is 79.9. The van der Waals surface area contributed by atoms with Crippen LogP contribution in [0.5, 0.6) is 0 Å². The van der Waals surface area contributed by atoms with Crippen molar-refractivity contribution in [2.75, 3.05) is 0 Å². The molecule has 0 saturated heterocycles. The molecule has 2 rings (SSSR count). The van der Waals surface area contributed by atoms with Gasteiger partial charge in [-0.3, -0.25) is 0 Å². The largest absolute Gasteiger partial charge is 0.326 e. The lowest BCUT2D eigenvalue weighted by molar-refractivity contribution is 0.631. The molecule has 1 nitrogen and oxygen atoms in total. The first kappa shape index (κ1) is 11.3. The van der Waals surface area contributed by atoms with Gasteiger partial charge in [0, 0.05) is 16.6 Å². The summed E-state index contributed by atoms with van der Waals surface area (Å²) in [6.07, 6.45) is 0. The molecule has 16 heavy (non-hydrogen) atoms. The number of nitrogens with two attached hydrogens (primary N) is 1. The van der Waals surface area contributed by atoms with Crippen LogP contribution in [0.3, 0.4) is 0 Å². The van der Waals surface area contributed by atoms with E-state index in [1.165, 1.54) is 6.07 Å². The van der Waals surface area contributed by atoms with E-state index in [0.29, 0.717) is 12.1 Å². The van der Waals surface area contributed by atoms with E-state index in [4.69, 9.17) is 5.73 Å². The molecule has 0 aliphatic heterocycles. The van der Waals surface area contributed by atoms with Crippen LogP contribution in [0.1, 0.15) is 5.56 Å². The van der Waals surface area contributed by atoms with Crippen molar-refractivity contribution >= 4 is 15.9 Å². The summed E-state index contributed by atoms with van der Waals surface area (Å²) in [5, 5.41) is 0. The van der Waals surface area contributed by atoms with Gasteiger partial charge in [0.1, 0.15) is 5.82 Å². The number of hydrogen-bond donors (Lipinski definition) is 1. The fourth-order valence-electron chi connectivity index (χ4n) is 1.66. The Bertz CT molecular complexity index is 511. The SMILES string of the molecule is NCc1ccccc1-c1cc(Br)ccc1F. The molecule has 0 radical (unpaired) electrons. The summed E-state index contributed by atoms with van der Waals surface area (Å²) in [7, 11) is 0. The quantitative estimate of drug-likeness (QED) is 0.891. The molecule has 2 N–H and O–H groups in total. The van der Waals surface area contributed by atoms with Crippen LogP contribution in [-0.2, 0) is 6.54 Å². The average Bonchev–Trinajstić information content (AvgIpc) is 2.32. The maximum atomic E-state index is 13.7. The number of rotatable bonds is 2. The van der Waals surface area contributed by atoms with Crippen molar-refractivity contribution in [3.63, 3.8) is 0 Å². The minimum Gasteiger partial charge on any atom is -0.326 e. The maximum absolute atomic E-state index is 13.7. The van der Waals surface area contributed by atoms with E-state index in [2.05, 4.69) is 15.9 Å². The van der Waals surface area contributed by atoms with Crippen LogP contribution in [0.25, 0.3) is 11.1 Å². The molecule has 0 aromatic heterocycles. The van der Waals surface area contributed by atoms with Gasteiger partial charge in [0.05, 0.1) is 0 Å². The lowest BCUT2D eigenvalue weighted by Gasteiger charge is -2.09. The van der Waals surface area contributed by atoms with Crippen LogP contribution in [0.15, 0.2) is 46.9 Å². The summed E-state index contributed by atoms with van der Waals surface area (Å²) in [5.74, 6) is -0.232. The first-order chi connectivity index (χ1) is 7.72. The van der Waals surface area contributed by atoms with E-state index in [0.717, 1.165) is 15.6 Å². The van der Waals surface area contributed by atoms with E-state index in [1.54, 1.807) is 12.1 Å². The molecule has 82 valence electrons. The van der Waals surface area contributed by atoms with Crippen molar-refractivity contribution in [1.82, 2.24) is 0 Å². The zero-order valence-corrected chi connectivity index (χ0v) is 10.2. The Morgan fingerprint density at radius 1 is 1.06 bits per heavy atom. The maximum Gasteiger partial charge on any atom is 0.131 e. The molecule has 0 aliphatic rings. The lowest BCUT2D eigenvalue weighted by Crippen LogP contribution is -1.99. The molecule has 0 fully saturated rings. The van der Waals surface area contributed by atoms with Gasteiger partial charge in [-0.2, -0.15) is 0 Å². The number of halogens is 2. The predicted octanol–water partition coefficient (Wildman–Crippen LogP) is 3.71. The fourth-order valence-corrected chi connectivity index (χ4v) is 2.03. The Hall–Kier alpha value is -1.19. The molecule has 0 unspecified atom stereocenters. The van der Waals surface area contributed by atoms with E-state index in [9.17, 15) is 4.39 Å². The van der Waals surface area contributed by atoms with Gasteiger partial charge in [-0.15, -0.1) is 0 Å². The minimum absolute atomic E-state index is 0.232. The van der Waals surface area contributed by atoms with Gasteiger partial charge in [-0.05, 0) is 29.3 Å². The molecular weight excluding hydrogens is 269 g/mol. The van der Waals surface area contributed by atoms with Crippen LogP contribution in [0.4, 0.5) is 4.39 Å². The Morgan fingerprint density at radius 3 is 2.56 bits per heavy atom. The molecule has 0 bridgehead atoms. The van der Waals surface area contributed by atoms with Gasteiger partial charge in [0.2, 0.25) is 0 Å². The van der Waals surface area contributed by atoms with Gasteiger partial charge in [-0.1, -0.05) is 40.2 Å². The Kier molecular flexibility index (Phi) is 3.36. The first-order valence-electron chi connectivity index (χ1n) is 4.96. The summed E-state index contributed by atoms with van der Waals surface area (Å²) in [4.78, 5) is 0. The first-order valence-corrected chi connectivity index (χ1v) is 5.75. The molecule has 0 atom stereocenters. The zero-order valence-electron chi connectivity index (χ0n) is 8.58. The van der Waals surface area contributed by atoms with Crippen LogP contribution in [-0.4, -0.2) is 0 Å². The van der Waals surface area contributed by atoms with Crippen molar-refractivity contribution < 1.29 is 4.39 Å². The summed E-state index contributed by atoms with van der Waals surface area (Å²) >= 11 is 3.34. The average molecular weight is 280 g/mol. The highest BCUT2D eigenvalue weighted by molar-refractivity contribution is 9.10. The van der Waals surface area contributed by atoms with Gasteiger partial charge < -0.3 is 5.73 Å². The van der Waals surface area contributed by atoms with E-state index < -0.39 is 0 Å². The third kappa shape index (κ3) is 2.15. The summed E-state index contributed by atoms with van der Waals surface area (Å²) in [5.41, 5.74) is 8.02. The Labute approximate surface area is 102 Å². The smallest absolute Gasteiger partial charge is 0.131 e. The normalized spacial score (nSPS) is 10.4. The van der Waals surface area contributed by atoms with Crippen molar-refractivity contribution in [1.29, 1.82) is 0 Å². The van der Waals surface area contributed by atoms with Crippen molar-refractivity contribution in [3.8, 4) is 11.1 Å². The third-order valence-electron chi connectivity index (χ3n) is 2.46. The van der Waals surface area contributed by atoms with Gasteiger partial charge >= 0.3 is 0 Å². The summed E-state index contributed by atoms with van der Waals surface area (Å²) in [6.45, 7) is 0.405. The van der Waals surface area contributed by atoms with E-state index >= 15 is 0 Å². The number of hydrogen-bond acceptors (Lipinski definition) is 1. The second-order valence-corrected chi connectivity index (χ2v) is 4.40. The van der Waals surface area contributed by atoms with Crippen LogP contribution >= 0.6 is 15.9 Å². The van der Waals surface area contributed by atoms with Crippen molar-refractivity contribution in [3.05, 3.63) is 58.3 Å². The molecule has 0 aliphatic carbocycles. The predicted molar refractivity (Wildman–Crippen MR) is 67.4 cm³/mol. The Balaban J connectivity index is 2.62. The van der Waals surface area contributed by atoms with Gasteiger partial charge in [-0.25, -0.2) is 4.39 Å². The summed E-state index contributed by atoms with van der Waals surface area (Å²) < 4.78 is 14.6. The molecular formula is C13H11BrFN. The van der Waals surface area contributed by atoms with Gasteiger partial charge in [0.25, 0.3) is 0 Å². The highest BCUT2D eigenvalue weighted by Gasteiger charge is 2.08. The molecule has 2 aromatic carbocycles. The fraction of sp³-hybridized carbons (Fsp3) is 0.0769. The Morgan fingerprint density at radius 2 is 1.81 bits per heavy atom. The molecule has 0 saturated carbocycles. The van der Waals surface area contributed by atoms with E-state index in [1.807, 2.05) is 24.3 Å². The molecule has 2 aromatic rings. The monoisotopic (exact) mass is 279 g/mol. The lowest BCUT2D eigenvalue weighted by atomic mass is 9.99. The molecule has 0 heterocycles. The van der Waals surface area contributed by atoms with Crippen LogP contribution in [0.2, 0.25) is 0 Å². The third-order valence-corrected chi connectivity index (χ3v) is 2.95. The van der Waals surface area contributed by atoms with Crippen LogP contribution < -0.4 is 5.73 Å². The molecule has 3 heteroatoms. The molecule has 0 amide bonds. The van der Waals surface area contributed by atoms with Crippen molar-refractivity contribution in [2.24, 2.45) is 5.73 Å². The zero-order chi connectivity index (χ0) is 11.5. The van der Waals surface area contributed by atoms with Crippen LogP contribution in [0, 0.1) is 5.82 Å². The minimum atomic E-state index is -0.232. The highest BCUT2D eigenvalue weighted by Crippen LogP contribution is 2.28. The second kappa shape index (κ2) is 4.76. The molecule has 0 spiro atoms. The summed E-state index contributed by atoms with van der Waals surface area (Å²) in [6, 6.07) is 12.5. The second-order valence-electron chi connectivity index (χ2n) is 3.49. The van der Waals surface area contributed by atoms with Gasteiger partial charge in [0.15, 0.2) is 0 Å². The van der Waals surface area contributed by atoms with E-state index in [-0.39, 0.29) is 5.82 Å². The standard InChI is InChI=1S/C13H11BrFN/c14-10-5-6-13(15)12(7-10)11-4-2-1-3-9(11)8-16/h1-7H,8,16H2. The van der Waals surface area contributed by atoms with Crippen molar-refractivity contribution in [2.45, 2.75) is 6.54 Å². The topological polar surface area (TPSA) is 26.0 Å².